The normalized spacial score (nSPS) is 25.0. The number of nitrogens with two attached hydrogens (primary N) is 1. The number of nitrogen functional groups attached to an aromatic ring is 1. The predicted molar refractivity (Wildman–Crippen MR) is 114 cm³/mol. The summed E-state index contributed by atoms with van der Waals surface area (Å²) >= 11 is 0. The van der Waals surface area contributed by atoms with Crippen LogP contribution in [0.2, 0.25) is 0 Å². The lowest BCUT2D eigenvalue weighted by molar-refractivity contribution is -0.117. The van der Waals surface area contributed by atoms with Gasteiger partial charge < -0.3 is 15.8 Å². The van der Waals surface area contributed by atoms with Gasteiger partial charge in [0.2, 0.25) is 5.91 Å². The third-order valence-corrected chi connectivity index (χ3v) is 6.11. The Bertz CT molecular complexity index is 1210. The van der Waals surface area contributed by atoms with Gasteiger partial charge in [-0.3, -0.25) is 14.4 Å². The molecule has 3 N–H and O–H groups in total. The molecule has 4 atom stereocenters. The summed E-state index contributed by atoms with van der Waals surface area (Å²) in [4.78, 5) is 26.5. The van der Waals surface area contributed by atoms with Crippen LogP contribution in [0.5, 0.6) is 0 Å². The molecule has 1 aliphatic heterocycles. The molecule has 0 bridgehead atoms. The topological polar surface area (TPSA) is 128 Å². The number of carbonyl (C=O) groups is 2. The molecule has 10 heteroatoms. The molecule has 3 aromatic rings. The van der Waals surface area contributed by atoms with Crippen molar-refractivity contribution in [1.82, 2.24) is 20.0 Å². The van der Waals surface area contributed by atoms with Crippen molar-refractivity contribution in [3.05, 3.63) is 36.2 Å². The summed E-state index contributed by atoms with van der Waals surface area (Å²) < 4.78 is 6.85. The van der Waals surface area contributed by atoms with Crippen LogP contribution in [0.15, 0.2) is 30.6 Å². The fourth-order valence-corrected chi connectivity index (χ4v) is 4.44. The number of fused-ring (bicyclic) bond motifs is 1. The van der Waals surface area contributed by atoms with E-state index >= 15 is 0 Å². The molecule has 0 spiro atoms. The monoisotopic (exact) mass is 421 g/mol. The molecular formula is C21H23N7O3. The highest BCUT2D eigenvalue weighted by Gasteiger charge is 2.53. The smallest absolute Gasteiger partial charge is 0.414 e. The largest absolute Gasteiger partial charge is 0.447 e. The minimum Gasteiger partial charge on any atom is -0.447 e. The zero-order valence-corrected chi connectivity index (χ0v) is 17.4. The third kappa shape index (κ3) is 3.24. The molecule has 2 aliphatic rings. The average molecular weight is 421 g/mol. The number of aryl methyl sites for hydroxylation is 1. The van der Waals surface area contributed by atoms with Crippen LogP contribution in [0.4, 0.5) is 22.0 Å². The molecule has 3 heterocycles. The molecule has 5 rings (SSSR count). The Hall–Kier alpha value is -3.69. The second-order valence-electron chi connectivity index (χ2n) is 8.35. The Labute approximate surface area is 178 Å². The van der Waals surface area contributed by atoms with E-state index in [1.807, 2.05) is 20.2 Å². The van der Waals surface area contributed by atoms with Gasteiger partial charge in [0.05, 0.1) is 23.6 Å². The maximum Gasteiger partial charge on any atom is 0.414 e. The number of carbonyl (C=O) groups excluding carboxylic acids is 2. The first-order valence-electron chi connectivity index (χ1n) is 10.2. The number of anilines is 3. The highest BCUT2D eigenvalue weighted by molar-refractivity contribution is 6.00. The number of nitrogens with one attached hydrogen (secondary N) is 1. The number of rotatable bonds is 4. The molecule has 2 fully saturated rings. The van der Waals surface area contributed by atoms with Crippen molar-refractivity contribution in [2.45, 2.75) is 25.8 Å². The van der Waals surface area contributed by atoms with Crippen molar-refractivity contribution in [2.75, 3.05) is 22.6 Å². The standard InChI is InChI=1S/C21H23N7O3/c1-10-9-31-21(30)28(10)14-4-12-5-16(25-26-19(12)15(22)6-14)24-20(29)18-11(2)17(18)13-7-23-27(3)8-13/h4-8,10-11,17-18H,9,22H2,1-3H3,(H,24,25,29)/t10-,11+,17-,18+/m0/s1. The highest BCUT2D eigenvalue weighted by atomic mass is 16.6. The van der Waals surface area contributed by atoms with Gasteiger partial charge in [0.25, 0.3) is 0 Å². The van der Waals surface area contributed by atoms with E-state index in [9.17, 15) is 9.59 Å². The van der Waals surface area contributed by atoms with E-state index in [1.165, 1.54) is 0 Å². The average Bonchev–Trinajstić information content (AvgIpc) is 3.00. The number of hydrogen-bond acceptors (Lipinski definition) is 7. The number of amides is 2. The Morgan fingerprint density at radius 3 is 2.74 bits per heavy atom. The number of benzene rings is 1. The first-order valence-corrected chi connectivity index (χ1v) is 10.2. The lowest BCUT2D eigenvalue weighted by Crippen LogP contribution is -2.30. The van der Waals surface area contributed by atoms with E-state index in [2.05, 4.69) is 27.5 Å². The van der Waals surface area contributed by atoms with Gasteiger partial charge in [0.1, 0.15) is 12.1 Å². The molecule has 0 radical (unpaired) electrons. The van der Waals surface area contributed by atoms with E-state index < -0.39 is 6.09 Å². The van der Waals surface area contributed by atoms with E-state index in [4.69, 9.17) is 10.5 Å². The van der Waals surface area contributed by atoms with E-state index in [-0.39, 0.29) is 29.7 Å². The number of cyclic esters (lactones) is 1. The van der Waals surface area contributed by atoms with Crippen LogP contribution in [-0.4, -0.2) is 44.6 Å². The Morgan fingerprint density at radius 1 is 1.26 bits per heavy atom. The molecule has 160 valence electrons. The van der Waals surface area contributed by atoms with Gasteiger partial charge >= 0.3 is 6.09 Å². The molecular weight excluding hydrogens is 398 g/mol. The third-order valence-electron chi connectivity index (χ3n) is 6.11. The molecule has 2 amide bonds. The van der Waals surface area contributed by atoms with Crippen LogP contribution in [0.25, 0.3) is 10.9 Å². The number of aromatic nitrogens is 4. The zero-order valence-electron chi connectivity index (χ0n) is 17.4. The van der Waals surface area contributed by atoms with Crippen molar-refractivity contribution in [3.8, 4) is 0 Å². The Kier molecular flexibility index (Phi) is 4.31. The molecule has 1 saturated carbocycles. The second kappa shape index (κ2) is 6.93. The summed E-state index contributed by atoms with van der Waals surface area (Å²) in [6.45, 7) is 4.28. The molecule has 2 aromatic heterocycles. The van der Waals surface area contributed by atoms with Gasteiger partial charge in [-0.05, 0) is 36.6 Å². The Morgan fingerprint density at radius 2 is 2.06 bits per heavy atom. The molecule has 1 aromatic carbocycles. The fourth-order valence-electron chi connectivity index (χ4n) is 4.44. The van der Waals surface area contributed by atoms with Crippen LogP contribution in [0.3, 0.4) is 0 Å². The highest BCUT2D eigenvalue weighted by Crippen LogP contribution is 2.54. The van der Waals surface area contributed by atoms with Crippen LogP contribution in [0.1, 0.15) is 25.3 Å². The maximum absolute atomic E-state index is 12.8. The summed E-state index contributed by atoms with van der Waals surface area (Å²) in [7, 11) is 1.86. The number of hydrogen-bond donors (Lipinski definition) is 2. The van der Waals surface area contributed by atoms with E-state index in [0.717, 1.165) is 5.56 Å². The molecule has 1 aliphatic carbocycles. The SMILES string of the molecule is C[C@H]1[C@@H](C(=O)Nc2cc3cc(N4C(=O)OC[C@@H]4C)cc(N)c3nn2)[C@@H]1c1cnn(C)c1. The lowest BCUT2D eigenvalue weighted by atomic mass is 10.1. The summed E-state index contributed by atoms with van der Waals surface area (Å²) in [6, 6.07) is 5.11. The van der Waals surface area contributed by atoms with Crippen molar-refractivity contribution in [1.29, 1.82) is 0 Å². The van der Waals surface area contributed by atoms with Crippen molar-refractivity contribution >= 4 is 40.1 Å². The van der Waals surface area contributed by atoms with Crippen molar-refractivity contribution in [3.63, 3.8) is 0 Å². The van der Waals surface area contributed by atoms with Crippen LogP contribution < -0.4 is 16.0 Å². The van der Waals surface area contributed by atoms with E-state index in [1.54, 1.807) is 34.0 Å². The van der Waals surface area contributed by atoms with Gasteiger partial charge in [0, 0.05) is 30.5 Å². The second-order valence-corrected chi connectivity index (χ2v) is 8.35. The van der Waals surface area contributed by atoms with Crippen LogP contribution in [-0.2, 0) is 16.6 Å². The van der Waals surface area contributed by atoms with Crippen LogP contribution >= 0.6 is 0 Å². The summed E-state index contributed by atoms with van der Waals surface area (Å²) in [5.41, 5.74) is 8.74. The van der Waals surface area contributed by atoms with Gasteiger partial charge in [-0.1, -0.05) is 6.92 Å². The van der Waals surface area contributed by atoms with Crippen molar-refractivity contribution in [2.24, 2.45) is 18.9 Å². The zero-order chi connectivity index (χ0) is 21.9. The number of ether oxygens (including phenoxy) is 1. The summed E-state index contributed by atoms with van der Waals surface area (Å²) in [5, 5.41) is 16.1. The lowest BCUT2D eigenvalue weighted by Gasteiger charge is -2.19. The number of nitrogens with zero attached hydrogens (tertiary/aromatic N) is 5. The first kappa shape index (κ1) is 19.3. The first-order chi connectivity index (χ1) is 14.8. The predicted octanol–water partition coefficient (Wildman–Crippen LogP) is 2.28. The summed E-state index contributed by atoms with van der Waals surface area (Å²) in [5.74, 6) is 0.471. The molecule has 31 heavy (non-hydrogen) atoms. The van der Waals surface area contributed by atoms with Gasteiger partial charge in [-0.15, -0.1) is 10.2 Å². The fraction of sp³-hybridized carbons (Fsp3) is 0.381. The van der Waals surface area contributed by atoms with Crippen LogP contribution in [0, 0.1) is 11.8 Å². The van der Waals surface area contributed by atoms with Crippen molar-refractivity contribution < 1.29 is 14.3 Å². The minimum absolute atomic E-state index is 0.0981. The van der Waals surface area contributed by atoms with Gasteiger partial charge in [-0.2, -0.15) is 5.10 Å². The van der Waals surface area contributed by atoms with E-state index in [0.29, 0.717) is 34.7 Å². The maximum atomic E-state index is 12.8. The molecule has 0 unspecified atom stereocenters. The van der Waals surface area contributed by atoms with Gasteiger partial charge in [0.15, 0.2) is 5.82 Å². The minimum atomic E-state index is -0.411. The molecule has 1 saturated heterocycles. The Balaban J connectivity index is 1.39. The molecule has 10 nitrogen and oxygen atoms in total. The van der Waals surface area contributed by atoms with Gasteiger partial charge in [-0.25, -0.2) is 4.79 Å². The quantitative estimate of drug-likeness (QED) is 0.618. The summed E-state index contributed by atoms with van der Waals surface area (Å²) in [6.07, 6.45) is 3.34.